The average molecular weight is 495 g/mol. The second-order valence-electron chi connectivity index (χ2n) is 9.35. The fraction of sp³-hybridized carbons (Fsp3) is 0.909. The molecule has 0 amide bonds. The van der Waals surface area contributed by atoms with Crippen LogP contribution in [0.15, 0.2) is 0 Å². The van der Waals surface area contributed by atoms with E-state index in [-0.39, 0.29) is 72.0 Å². The Morgan fingerprint density at radius 1 is 0.750 bits per heavy atom. The summed E-state index contributed by atoms with van der Waals surface area (Å²) in [5.41, 5.74) is -2.19. The maximum Gasteiger partial charge on any atom is 1.00 e. The molecule has 0 aliphatic rings. The van der Waals surface area contributed by atoms with Crippen molar-refractivity contribution in [3.8, 4) is 0 Å². The molecule has 0 spiro atoms. The van der Waals surface area contributed by atoms with E-state index in [4.69, 9.17) is 0 Å². The molecule has 178 valence electrons. The van der Waals surface area contributed by atoms with Crippen LogP contribution in [0.25, 0.3) is 0 Å². The summed E-state index contributed by atoms with van der Waals surface area (Å²) in [6, 6.07) is 0. The van der Waals surface area contributed by atoms with Crippen LogP contribution in [0.3, 0.4) is 0 Å². The number of carboxylic acid groups (broad SMARTS) is 2. The Morgan fingerprint density at radius 2 is 1.09 bits per heavy atom. The molecule has 0 aliphatic heterocycles. The molecular formula is C22H40Na2O7S. The minimum atomic E-state index is -5.17. The topological polar surface area (TPSA) is 135 Å². The van der Waals surface area contributed by atoms with E-state index in [2.05, 4.69) is 27.7 Å². The molecule has 0 aromatic rings. The average Bonchev–Trinajstić information content (AvgIpc) is 2.58. The van der Waals surface area contributed by atoms with Gasteiger partial charge in [-0.2, -0.15) is 8.42 Å². The molecule has 0 rings (SSSR count). The standard InChI is InChI=1S/C22H42O7S.2Na/c1-17(2)13-9-5-7-11-15-22(21(25)26,19(20(23)24)30(27,28)29)16-12-8-6-10-14-18(3)4;;/h17-19H,5-16H2,1-4H3,(H,23,24)(H,25,26)(H,27,28,29);;/q;2*+1/p-2. The first-order valence-electron chi connectivity index (χ1n) is 11.2. The van der Waals surface area contributed by atoms with E-state index in [9.17, 15) is 32.8 Å². The van der Waals surface area contributed by atoms with Crippen LogP contribution in [-0.2, 0) is 19.7 Å². The fourth-order valence-electron chi connectivity index (χ4n) is 4.02. The molecule has 7 nitrogen and oxygen atoms in total. The van der Waals surface area contributed by atoms with Crippen molar-refractivity contribution in [3.05, 3.63) is 0 Å². The molecule has 0 fully saturated rings. The van der Waals surface area contributed by atoms with Gasteiger partial charge in [-0.1, -0.05) is 91.9 Å². The van der Waals surface area contributed by atoms with E-state index in [1.165, 1.54) is 0 Å². The van der Waals surface area contributed by atoms with Crippen molar-refractivity contribution >= 4 is 22.1 Å². The Kier molecular flexibility index (Phi) is 22.3. The molecular weight excluding hydrogens is 454 g/mol. The van der Waals surface area contributed by atoms with E-state index in [1.807, 2.05) is 0 Å². The quantitative estimate of drug-likeness (QED) is 0.120. The monoisotopic (exact) mass is 494 g/mol. The van der Waals surface area contributed by atoms with Crippen molar-refractivity contribution in [1.82, 2.24) is 0 Å². The van der Waals surface area contributed by atoms with Gasteiger partial charge in [-0.3, -0.25) is 4.55 Å². The number of carbonyl (C=O) groups excluding carboxylic acids is 2. The molecule has 1 unspecified atom stereocenters. The number of carbonyl (C=O) groups is 2. The molecule has 0 heterocycles. The number of carboxylic acids is 2. The van der Waals surface area contributed by atoms with Crippen LogP contribution in [0.1, 0.15) is 105 Å². The summed E-state index contributed by atoms with van der Waals surface area (Å²) in [4.78, 5) is 23.6. The van der Waals surface area contributed by atoms with E-state index in [0.29, 0.717) is 37.5 Å². The third-order valence-electron chi connectivity index (χ3n) is 5.73. The smallest absolute Gasteiger partial charge is 0.549 e. The van der Waals surface area contributed by atoms with Crippen molar-refractivity contribution in [2.75, 3.05) is 0 Å². The molecule has 32 heavy (non-hydrogen) atoms. The zero-order chi connectivity index (χ0) is 23.4. The summed E-state index contributed by atoms with van der Waals surface area (Å²) in [6.45, 7) is 8.44. The van der Waals surface area contributed by atoms with Gasteiger partial charge in [0.05, 0.1) is 5.97 Å². The molecule has 0 aromatic carbocycles. The van der Waals surface area contributed by atoms with Crippen LogP contribution < -0.4 is 69.3 Å². The first kappa shape index (κ1) is 37.4. The Bertz CT molecular complexity index is 602. The molecule has 0 bridgehead atoms. The first-order valence-corrected chi connectivity index (χ1v) is 12.7. The van der Waals surface area contributed by atoms with Gasteiger partial charge >= 0.3 is 59.1 Å². The molecule has 1 atom stereocenters. The summed E-state index contributed by atoms with van der Waals surface area (Å²) in [6.07, 6.45) is 7.34. The minimum Gasteiger partial charge on any atom is -0.549 e. The van der Waals surface area contributed by atoms with E-state index in [0.717, 1.165) is 38.5 Å². The van der Waals surface area contributed by atoms with Gasteiger partial charge in [-0.05, 0) is 24.7 Å². The maximum atomic E-state index is 12.1. The molecule has 0 saturated heterocycles. The predicted octanol–water partition coefficient (Wildman–Crippen LogP) is -3.27. The SMILES string of the molecule is CC(C)CCCCCCC(CCCCCCC(C)C)(C(=O)[O-])C(C(=O)[O-])S(=O)(=O)O.[Na+].[Na+]. The van der Waals surface area contributed by atoms with Crippen LogP contribution in [-0.4, -0.2) is 30.2 Å². The van der Waals surface area contributed by atoms with Gasteiger partial charge < -0.3 is 19.8 Å². The van der Waals surface area contributed by atoms with Crippen molar-refractivity contribution in [2.24, 2.45) is 17.3 Å². The van der Waals surface area contributed by atoms with Crippen molar-refractivity contribution in [1.29, 1.82) is 0 Å². The zero-order valence-corrected chi connectivity index (χ0v) is 25.8. The largest absolute Gasteiger partial charge is 1.00 e. The number of hydrogen-bond donors (Lipinski definition) is 1. The Balaban J connectivity index is -0.00000420. The summed E-state index contributed by atoms with van der Waals surface area (Å²) >= 11 is 0. The molecule has 0 radical (unpaired) electrons. The predicted molar refractivity (Wildman–Crippen MR) is 113 cm³/mol. The van der Waals surface area contributed by atoms with Gasteiger partial charge in [0.25, 0.3) is 10.1 Å². The van der Waals surface area contributed by atoms with Gasteiger partial charge in [0.2, 0.25) is 0 Å². The molecule has 0 saturated carbocycles. The van der Waals surface area contributed by atoms with Crippen LogP contribution in [0.4, 0.5) is 0 Å². The summed E-state index contributed by atoms with van der Waals surface area (Å²) in [7, 11) is -5.17. The second kappa shape index (κ2) is 19.1. The number of aliphatic carboxylic acids is 2. The van der Waals surface area contributed by atoms with Crippen molar-refractivity contribution in [3.63, 3.8) is 0 Å². The third-order valence-corrected chi connectivity index (χ3v) is 6.97. The van der Waals surface area contributed by atoms with Gasteiger partial charge in [0, 0.05) is 11.4 Å². The van der Waals surface area contributed by atoms with Crippen LogP contribution in [0.5, 0.6) is 0 Å². The summed E-state index contributed by atoms with van der Waals surface area (Å²) < 4.78 is 33.1. The van der Waals surface area contributed by atoms with Gasteiger partial charge in [0.15, 0.2) is 0 Å². The molecule has 0 aliphatic carbocycles. The number of hydrogen-bond acceptors (Lipinski definition) is 6. The molecule has 0 aromatic heterocycles. The Labute approximate surface area is 239 Å². The minimum absolute atomic E-state index is 0. The summed E-state index contributed by atoms with van der Waals surface area (Å²) in [5, 5.41) is 21.1. The molecule has 10 heteroatoms. The van der Waals surface area contributed by atoms with Crippen LogP contribution in [0.2, 0.25) is 0 Å². The van der Waals surface area contributed by atoms with E-state index in [1.54, 1.807) is 0 Å². The number of rotatable bonds is 18. The third kappa shape index (κ3) is 15.0. The van der Waals surface area contributed by atoms with Gasteiger partial charge in [-0.25, -0.2) is 0 Å². The van der Waals surface area contributed by atoms with Crippen LogP contribution >= 0.6 is 0 Å². The van der Waals surface area contributed by atoms with Gasteiger partial charge in [-0.15, -0.1) is 0 Å². The fourth-order valence-corrected chi connectivity index (χ4v) is 5.17. The number of unbranched alkanes of at least 4 members (excludes halogenated alkanes) is 6. The Morgan fingerprint density at radius 3 is 1.34 bits per heavy atom. The van der Waals surface area contributed by atoms with Crippen molar-refractivity contribution in [2.45, 2.75) is 110 Å². The Hall–Kier alpha value is 0.850. The zero-order valence-electron chi connectivity index (χ0n) is 21.0. The summed E-state index contributed by atoms with van der Waals surface area (Å²) in [5.74, 6) is -2.73. The van der Waals surface area contributed by atoms with Gasteiger partial charge in [0.1, 0.15) is 5.25 Å². The maximum absolute atomic E-state index is 12.1. The van der Waals surface area contributed by atoms with Crippen LogP contribution in [0, 0.1) is 17.3 Å². The van der Waals surface area contributed by atoms with E-state index >= 15 is 0 Å². The first-order chi connectivity index (χ1) is 13.8. The normalized spacial score (nSPS) is 12.8. The second-order valence-corrected chi connectivity index (χ2v) is 10.9. The van der Waals surface area contributed by atoms with Crippen molar-refractivity contribution < 1.29 is 91.9 Å². The van der Waals surface area contributed by atoms with E-state index < -0.39 is 32.7 Å². The molecule has 1 N–H and O–H groups in total.